The molecule has 5 nitrogen and oxygen atoms in total. The molecule has 0 amide bonds. The molecular weight excluding hydrogens is 240 g/mol. The minimum Gasteiger partial charge on any atom is -0.494 e. The highest BCUT2D eigenvalue weighted by Gasteiger charge is 1.99. The third-order valence-electron chi connectivity index (χ3n) is 2.66. The first kappa shape index (κ1) is 13.5. The van der Waals surface area contributed by atoms with Gasteiger partial charge in [-0.2, -0.15) is 5.10 Å². The normalized spacial score (nSPS) is 10.6. The molecule has 5 heteroatoms. The molecule has 0 spiro atoms. The molecule has 0 radical (unpaired) electrons. The quantitative estimate of drug-likeness (QED) is 0.826. The van der Waals surface area contributed by atoms with Crippen molar-refractivity contribution in [1.82, 2.24) is 20.1 Å². The van der Waals surface area contributed by atoms with Crippen LogP contribution >= 0.6 is 0 Å². The molecular formula is C14H20N4O. The van der Waals surface area contributed by atoms with Gasteiger partial charge in [-0.1, -0.05) is 19.1 Å². The lowest BCUT2D eigenvalue weighted by atomic mass is 10.2. The van der Waals surface area contributed by atoms with Crippen LogP contribution in [0.2, 0.25) is 0 Å². The maximum absolute atomic E-state index is 5.54. The number of nitrogens with zero attached hydrogens (tertiary/aromatic N) is 3. The van der Waals surface area contributed by atoms with E-state index in [0.29, 0.717) is 6.54 Å². The van der Waals surface area contributed by atoms with E-state index in [-0.39, 0.29) is 0 Å². The number of hydrogen-bond acceptors (Lipinski definition) is 4. The smallest absolute Gasteiger partial charge is 0.164 e. The third-order valence-corrected chi connectivity index (χ3v) is 2.66. The highest BCUT2D eigenvalue weighted by atomic mass is 16.5. The summed E-state index contributed by atoms with van der Waals surface area (Å²) in [7, 11) is 1.87. The van der Waals surface area contributed by atoms with Gasteiger partial charge in [0, 0.05) is 13.6 Å². The molecule has 1 N–H and O–H groups in total. The summed E-state index contributed by atoms with van der Waals surface area (Å²) in [5, 5.41) is 7.53. The molecule has 0 aliphatic rings. The van der Waals surface area contributed by atoms with E-state index < -0.39 is 0 Å². The molecule has 0 atom stereocenters. The Morgan fingerprint density at radius 2 is 2.00 bits per heavy atom. The Labute approximate surface area is 113 Å². The van der Waals surface area contributed by atoms with E-state index in [2.05, 4.69) is 34.5 Å². The molecule has 2 aromatic rings. The number of aryl methyl sites for hydroxylation is 1. The van der Waals surface area contributed by atoms with Crippen molar-refractivity contribution >= 4 is 0 Å². The average Bonchev–Trinajstić information content (AvgIpc) is 2.84. The molecule has 1 aromatic carbocycles. The molecule has 19 heavy (non-hydrogen) atoms. The summed E-state index contributed by atoms with van der Waals surface area (Å²) >= 11 is 0. The zero-order chi connectivity index (χ0) is 13.5. The van der Waals surface area contributed by atoms with Crippen molar-refractivity contribution in [2.24, 2.45) is 7.05 Å². The summed E-state index contributed by atoms with van der Waals surface area (Å²) in [6.45, 7) is 4.34. The molecule has 0 fully saturated rings. The molecule has 0 aliphatic heterocycles. The van der Waals surface area contributed by atoms with E-state index in [1.54, 1.807) is 11.0 Å². The Hall–Kier alpha value is -1.88. The van der Waals surface area contributed by atoms with Crippen LogP contribution < -0.4 is 10.1 Å². The van der Waals surface area contributed by atoms with Crippen LogP contribution in [-0.4, -0.2) is 21.4 Å². The molecule has 0 saturated heterocycles. The molecule has 0 saturated carbocycles. The second kappa shape index (κ2) is 6.89. The summed E-state index contributed by atoms with van der Waals surface area (Å²) in [6, 6.07) is 8.16. The number of benzene rings is 1. The summed E-state index contributed by atoms with van der Waals surface area (Å²) in [6.07, 6.45) is 2.73. The molecule has 102 valence electrons. The van der Waals surface area contributed by atoms with Crippen LogP contribution in [-0.2, 0) is 20.1 Å². The maximum Gasteiger partial charge on any atom is 0.164 e. The number of aromatic nitrogens is 3. The minimum absolute atomic E-state index is 0.676. The van der Waals surface area contributed by atoms with Crippen LogP contribution in [0.3, 0.4) is 0 Å². The first-order valence-corrected chi connectivity index (χ1v) is 6.55. The molecule has 0 bridgehead atoms. The van der Waals surface area contributed by atoms with Gasteiger partial charge in [0.05, 0.1) is 13.2 Å². The lowest BCUT2D eigenvalue weighted by Crippen LogP contribution is -2.14. The van der Waals surface area contributed by atoms with Crippen LogP contribution in [0.4, 0.5) is 0 Å². The van der Waals surface area contributed by atoms with Crippen molar-refractivity contribution in [2.45, 2.75) is 26.4 Å². The second-order valence-corrected chi connectivity index (χ2v) is 4.43. The van der Waals surface area contributed by atoms with Gasteiger partial charge >= 0.3 is 0 Å². The maximum atomic E-state index is 5.54. The molecule has 0 aliphatic carbocycles. The van der Waals surface area contributed by atoms with Gasteiger partial charge in [-0.05, 0) is 24.1 Å². The van der Waals surface area contributed by atoms with Crippen LogP contribution in [0, 0.1) is 0 Å². The van der Waals surface area contributed by atoms with Crippen LogP contribution in [0.15, 0.2) is 30.6 Å². The van der Waals surface area contributed by atoms with Gasteiger partial charge in [-0.25, -0.2) is 4.98 Å². The molecule has 0 unspecified atom stereocenters. The summed E-state index contributed by atoms with van der Waals surface area (Å²) in [5.41, 5.74) is 1.22. The van der Waals surface area contributed by atoms with E-state index in [9.17, 15) is 0 Å². The van der Waals surface area contributed by atoms with Crippen LogP contribution in [0.1, 0.15) is 24.7 Å². The number of hydrogen-bond donors (Lipinski definition) is 1. The first-order chi connectivity index (χ1) is 9.28. The van der Waals surface area contributed by atoms with Gasteiger partial charge in [-0.3, -0.25) is 4.68 Å². The predicted molar refractivity (Wildman–Crippen MR) is 73.8 cm³/mol. The molecule has 1 heterocycles. The van der Waals surface area contributed by atoms with Gasteiger partial charge < -0.3 is 10.1 Å². The zero-order valence-corrected chi connectivity index (χ0v) is 11.5. The van der Waals surface area contributed by atoms with Crippen molar-refractivity contribution in [3.63, 3.8) is 0 Å². The van der Waals surface area contributed by atoms with E-state index in [4.69, 9.17) is 4.74 Å². The van der Waals surface area contributed by atoms with E-state index in [1.807, 2.05) is 19.2 Å². The fraction of sp³-hybridized carbons (Fsp3) is 0.429. The second-order valence-electron chi connectivity index (χ2n) is 4.43. The third kappa shape index (κ3) is 4.37. The minimum atomic E-state index is 0.676. The van der Waals surface area contributed by atoms with Crippen molar-refractivity contribution in [3.05, 3.63) is 42.0 Å². The lowest BCUT2D eigenvalue weighted by molar-refractivity contribution is 0.317. The van der Waals surface area contributed by atoms with E-state index in [0.717, 1.165) is 31.1 Å². The van der Waals surface area contributed by atoms with Crippen molar-refractivity contribution < 1.29 is 4.74 Å². The Bertz CT molecular complexity index is 492. The lowest BCUT2D eigenvalue weighted by Gasteiger charge is -2.06. The number of rotatable bonds is 7. The number of nitrogens with one attached hydrogen (secondary N) is 1. The van der Waals surface area contributed by atoms with E-state index >= 15 is 0 Å². The predicted octanol–water partition coefficient (Wildman–Crippen LogP) is 1.89. The fourth-order valence-corrected chi connectivity index (χ4v) is 1.71. The van der Waals surface area contributed by atoms with Crippen LogP contribution in [0.25, 0.3) is 0 Å². The van der Waals surface area contributed by atoms with Crippen molar-refractivity contribution in [1.29, 1.82) is 0 Å². The summed E-state index contributed by atoms with van der Waals surface area (Å²) < 4.78 is 7.25. The Morgan fingerprint density at radius 1 is 1.21 bits per heavy atom. The largest absolute Gasteiger partial charge is 0.494 e. The number of ether oxygens (including phenoxy) is 1. The van der Waals surface area contributed by atoms with Crippen LogP contribution in [0.5, 0.6) is 5.75 Å². The first-order valence-electron chi connectivity index (χ1n) is 6.55. The zero-order valence-electron chi connectivity index (χ0n) is 11.5. The average molecular weight is 260 g/mol. The highest BCUT2D eigenvalue weighted by Crippen LogP contribution is 2.12. The summed E-state index contributed by atoms with van der Waals surface area (Å²) in [5.74, 6) is 1.74. The van der Waals surface area contributed by atoms with Gasteiger partial charge in [0.2, 0.25) is 0 Å². The molecule has 1 aromatic heterocycles. The summed E-state index contributed by atoms with van der Waals surface area (Å²) in [4.78, 5) is 4.16. The van der Waals surface area contributed by atoms with Gasteiger partial charge in [0.1, 0.15) is 12.1 Å². The Morgan fingerprint density at radius 3 is 2.63 bits per heavy atom. The SMILES string of the molecule is CCCOc1ccc(CNCc2ncn(C)n2)cc1. The van der Waals surface area contributed by atoms with Crippen molar-refractivity contribution in [3.8, 4) is 5.75 Å². The Kier molecular flexibility index (Phi) is 4.92. The van der Waals surface area contributed by atoms with E-state index in [1.165, 1.54) is 5.56 Å². The monoisotopic (exact) mass is 260 g/mol. The fourth-order valence-electron chi connectivity index (χ4n) is 1.71. The standard InChI is InChI=1S/C14H20N4O/c1-3-8-19-13-6-4-12(5-7-13)9-15-10-14-16-11-18(2)17-14/h4-7,11,15H,3,8-10H2,1-2H3. The Balaban J connectivity index is 1.76. The highest BCUT2D eigenvalue weighted by molar-refractivity contribution is 5.27. The van der Waals surface area contributed by atoms with Gasteiger partial charge in [-0.15, -0.1) is 0 Å². The van der Waals surface area contributed by atoms with Crippen molar-refractivity contribution in [2.75, 3.05) is 6.61 Å². The van der Waals surface area contributed by atoms with Gasteiger partial charge in [0.15, 0.2) is 5.82 Å². The molecule has 2 rings (SSSR count). The van der Waals surface area contributed by atoms with Gasteiger partial charge in [0.25, 0.3) is 0 Å². The topological polar surface area (TPSA) is 52.0 Å².